The van der Waals surface area contributed by atoms with Crippen molar-refractivity contribution in [2.75, 3.05) is 13.1 Å². The Morgan fingerprint density at radius 1 is 1.09 bits per heavy atom. The summed E-state index contributed by atoms with van der Waals surface area (Å²) in [5, 5.41) is 1.49. The van der Waals surface area contributed by atoms with Crippen LogP contribution < -0.4 is 5.32 Å². The van der Waals surface area contributed by atoms with Crippen molar-refractivity contribution >= 4 is 21.7 Å². The van der Waals surface area contributed by atoms with Gasteiger partial charge in [-0.3, -0.25) is 9.59 Å². The summed E-state index contributed by atoms with van der Waals surface area (Å²) in [6.07, 6.45) is 0.812. The van der Waals surface area contributed by atoms with Gasteiger partial charge in [0.15, 0.2) is 9.84 Å². The van der Waals surface area contributed by atoms with Crippen molar-refractivity contribution in [2.45, 2.75) is 43.4 Å². The Balaban J connectivity index is 1.53. The van der Waals surface area contributed by atoms with Crippen molar-refractivity contribution in [3.8, 4) is 0 Å². The van der Waals surface area contributed by atoms with E-state index in [1.807, 2.05) is 0 Å². The average molecular weight is 465 g/mol. The van der Waals surface area contributed by atoms with E-state index in [2.05, 4.69) is 5.32 Å². The molecular formula is C23H26F2N2O4S. The third-order valence-corrected chi connectivity index (χ3v) is 7.90. The molecule has 0 aliphatic carbocycles. The number of sulfone groups is 1. The number of likely N-dealkylation sites (tertiary alicyclic amines) is 1. The molecular weight excluding hydrogens is 438 g/mol. The molecule has 2 aromatic carbocycles. The highest BCUT2D eigenvalue weighted by Gasteiger charge is 2.35. The Morgan fingerprint density at radius 2 is 1.72 bits per heavy atom. The van der Waals surface area contributed by atoms with E-state index in [1.54, 1.807) is 19.1 Å². The number of aryl methyl sites for hydroxylation is 1. The number of carbonyl (C=O) groups is 2. The van der Waals surface area contributed by atoms with Crippen LogP contribution in [-0.4, -0.2) is 43.5 Å². The van der Waals surface area contributed by atoms with Crippen LogP contribution in [0.4, 0.5) is 8.78 Å². The summed E-state index contributed by atoms with van der Waals surface area (Å²) in [6, 6.07) is 9.17. The van der Waals surface area contributed by atoms with E-state index in [0.29, 0.717) is 24.0 Å². The lowest BCUT2D eigenvalue weighted by Gasteiger charge is -2.33. The lowest BCUT2D eigenvalue weighted by atomic mass is 9.95. The monoisotopic (exact) mass is 464 g/mol. The molecule has 1 fully saturated rings. The van der Waals surface area contributed by atoms with Crippen molar-refractivity contribution < 1.29 is 26.8 Å². The van der Waals surface area contributed by atoms with E-state index in [1.165, 1.54) is 17.9 Å². The molecule has 1 aliphatic heterocycles. The summed E-state index contributed by atoms with van der Waals surface area (Å²) < 4.78 is 52.1. The molecule has 0 aromatic heterocycles. The number of benzene rings is 2. The van der Waals surface area contributed by atoms with E-state index in [-0.39, 0.29) is 42.2 Å². The Kier molecular flexibility index (Phi) is 7.28. The third kappa shape index (κ3) is 5.32. The van der Waals surface area contributed by atoms with Crippen molar-refractivity contribution in [3.63, 3.8) is 0 Å². The zero-order valence-corrected chi connectivity index (χ0v) is 18.8. The first-order valence-electron chi connectivity index (χ1n) is 10.4. The number of hydrogen-bond acceptors (Lipinski definition) is 4. The van der Waals surface area contributed by atoms with Crippen LogP contribution in [0.15, 0.2) is 47.4 Å². The Labute approximate surface area is 186 Å². The number of nitrogens with one attached hydrogen (secondary N) is 1. The molecule has 1 atom stereocenters. The highest BCUT2D eigenvalue weighted by Crippen LogP contribution is 2.22. The third-order valence-electron chi connectivity index (χ3n) is 5.84. The Hall–Kier alpha value is -2.81. The second kappa shape index (κ2) is 9.77. The maximum Gasteiger partial charge on any atom is 0.241 e. The van der Waals surface area contributed by atoms with Gasteiger partial charge >= 0.3 is 0 Å². The number of amides is 2. The van der Waals surface area contributed by atoms with E-state index >= 15 is 0 Å². The molecule has 6 nitrogen and oxygen atoms in total. The standard InChI is InChI=1S/C23H26F2N2O4S/c1-15-3-4-17(13-21(15)25)14-26-22(28)18-9-11-27(12-10-18)23(29)16(2)32(30,31)20-7-5-19(24)6-8-20/h3-8,13,16,18H,9-12,14H2,1-2H3,(H,26,28). The molecule has 0 saturated carbocycles. The number of piperidine rings is 1. The van der Waals surface area contributed by atoms with Crippen molar-refractivity contribution in [1.82, 2.24) is 10.2 Å². The number of nitrogens with zero attached hydrogens (tertiary/aromatic N) is 1. The maximum atomic E-state index is 13.6. The summed E-state index contributed by atoms with van der Waals surface area (Å²) in [7, 11) is -3.95. The molecule has 0 spiro atoms. The predicted molar refractivity (Wildman–Crippen MR) is 115 cm³/mol. The van der Waals surface area contributed by atoms with Crippen LogP contribution in [-0.2, 0) is 26.0 Å². The number of rotatable bonds is 6. The first-order chi connectivity index (χ1) is 15.1. The summed E-state index contributed by atoms with van der Waals surface area (Å²) in [5.41, 5.74) is 1.20. The van der Waals surface area contributed by atoms with E-state index in [9.17, 15) is 26.8 Å². The summed E-state index contributed by atoms with van der Waals surface area (Å²) in [4.78, 5) is 26.6. The molecule has 0 radical (unpaired) electrons. The fraction of sp³-hybridized carbons (Fsp3) is 0.391. The number of hydrogen-bond donors (Lipinski definition) is 1. The predicted octanol–water partition coefficient (Wildman–Crippen LogP) is 2.99. The minimum atomic E-state index is -3.95. The number of carbonyl (C=O) groups excluding carboxylic acids is 2. The molecule has 1 saturated heterocycles. The zero-order valence-electron chi connectivity index (χ0n) is 18.0. The molecule has 1 unspecified atom stereocenters. The lowest BCUT2D eigenvalue weighted by Crippen LogP contribution is -2.47. The van der Waals surface area contributed by atoms with Crippen LogP contribution in [0.3, 0.4) is 0 Å². The van der Waals surface area contributed by atoms with Gasteiger partial charge < -0.3 is 10.2 Å². The highest BCUT2D eigenvalue weighted by atomic mass is 32.2. The van der Waals surface area contributed by atoms with E-state index in [0.717, 1.165) is 24.3 Å². The van der Waals surface area contributed by atoms with Gasteiger partial charge in [0.05, 0.1) is 4.90 Å². The second-order valence-electron chi connectivity index (χ2n) is 8.04. The molecule has 32 heavy (non-hydrogen) atoms. The van der Waals surface area contributed by atoms with Gasteiger partial charge in [0.2, 0.25) is 11.8 Å². The van der Waals surface area contributed by atoms with Gasteiger partial charge in [-0.15, -0.1) is 0 Å². The molecule has 1 heterocycles. The Morgan fingerprint density at radius 3 is 2.31 bits per heavy atom. The van der Waals surface area contributed by atoms with E-state index < -0.39 is 26.8 Å². The molecule has 0 bridgehead atoms. The topological polar surface area (TPSA) is 83.6 Å². The smallest absolute Gasteiger partial charge is 0.241 e. The summed E-state index contributed by atoms with van der Waals surface area (Å²) in [5.74, 6) is -1.91. The quantitative estimate of drug-likeness (QED) is 0.667. The molecule has 3 rings (SSSR count). The van der Waals surface area contributed by atoms with Crippen molar-refractivity contribution in [2.24, 2.45) is 5.92 Å². The SMILES string of the molecule is Cc1ccc(CNC(=O)C2CCN(C(=O)C(C)S(=O)(=O)c3ccc(F)cc3)CC2)cc1F. The highest BCUT2D eigenvalue weighted by molar-refractivity contribution is 7.92. The van der Waals surface area contributed by atoms with Crippen molar-refractivity contribution in [1.29, 1.82) is 0 Å². The van der Waals surface area contributed by atoms with Gasteiger partial charge in [-0.1, -0.05) is 12.1 Å². The van der Waals surface area contributed by atoms with Crippen LogP contribution in [0.1, 0.15) is 30.9 Å². The first-order valence-corrected chi connectivity index (χ1v) is 11.9. The molecule has 2 amide bonds. The maximum absolute atomic E-state index is 13.6. The minimum Gasteiger partial charge on any atom is -0.352 e. The Bertz CT molecular complexity index is 1100. The largest absolute Gasteiger partial charge is 0.352 e. The lowest BCUT2D eigenvalue weighted by molar-refractivity contribution is -0.135. The van der Waals surface area contributed by atoms with Crippen molar-refractivity contribution in [3.05, 3.63) is 65.2 Å². The molecule has 1 aliphatic rings. The second-order valence-corrected chi connectivity index (χ2v) is 10.3. The van der Waals surface area contributed by atoms with Gasteiger partial charge in [0, 0.05) is 25.6 Å². The minimum absolute atomic E-state index is 0.110. The fourth-order valence-corrected chi connectivity index (χ4v) is 5.00. The average Bonchev–Trinajstić information content (AvgIpc) is 2.79. The van der Waals surface area contributed by atoms with Crippen LogP contribution in [0.2, 0.25) is 0 Å². The van der Waals surface area contributed by atoms with Crippen LogP contribution in [0, 0.1) is 24.5 Å². The normalized spacial score (nSPS) is 15.9. The van der Waals surface area contributed by atoms with Gasteiger partial charge in [-0.25, -0.2) is 17.2 Å². The van der Waals surface area contributed by atoms with Crippen LogP contribution in [0.5, 0.6) is 0 Å². The summed E-state index contributed by atoms with van der Waals surface area (Å²) in [6.45, 7) is 3.72. The van der Waals surface area contributed by atoms with E-state index in [4.69, 9.17) is 0 Å². The van der Waals surface area contributed by atoms with Gasteiger partial charge in [0.25, 0.3) is 0 Å². The first kappa shape index (κ1) is 23.8. The molecule has 1 N–H and O–H groups in total. The molecule has 172 valence electrons. The zero-order chi connectivity index (χ0) is 23.5. The summed E-state index contributed by atoms with van der Waals surface area (Å²) >= 11 is 0. The van der Waals surface area contributed by atoms with Crippen LogP contribution >= 0.6 is 0 Å². The van der Waals surface area contributed by atoms with Gasteiger partial charge in [-0.05, 0) is 68.1 Å². The van der Waals surface area contributed by atoms with Gasteiger partial charge in [0.1, 0.15) is 16.9 Å². The van der Waals surface area contributed by atoms with Gasteiger partial charge in [-0.2, -0.15) is 0 Å². The fourth-order valence-electron chi connectivity index (χ4n) is 3.66. The van der Waals surface area contributed by atoms with Crippen LogP contribution in [0.25, 0.3) is 0 Å². The molecule has 9 heteroatoms. The molecule has 2 aromatic rings. The number of halogens is 2.